The normalized spacial score (nSPS) is 13.7. The number of fused-ring (bicyclic) bond motifs is 18. The van der Waals surface area contributed by atoms with Crippen molar-refractivity contribution in [3.63, 3.8) is 0 Å². The first-order valence-corrected chi connectivity index (χ1v) is 33.6. The molecule has 0 amide bonds. The molecule has 89 heavy (non-hydrogen) atoms. The number of nitrogens with zero attached hydrogens (tertiary/aromatic N) is 8. The van der Waals surface area contributed by atoms with Crippen LogP contribution in [-0.4, -0.2) is 83.4 Å². The number of ether oxygens (including phenoxy) is 2. The van der Waals surface area contributed by atoms with Gasteiger partial charge in [-0.1, -0.05) is 5.04 Å². The van der Waals surface area contributed by atoms with Crippen LogP contribution in [0.25, 0.3) is 86.9 Å². The molecule has 0 saturated carbocycles. The van der Waals surface area contributed by atoms with E-state index in [4.69, 9.17) is 60.5 Å². The van der Waals surface area contributed by atoms with Gasteiger partial charge in [-0.15, -0.1) is 0 Å². The fraction of sp³-hybridized carbons (Fsp3) is 0.0882. The van der Waals surface area contributed by atoms with Crippen LogP contribution in [-0.2, 0) is 19.5 Å². The van der Waals surface area contributed by atoms with E-state index in [1.165, 1.54) is 12.1 Å². The van der Waals surface area contributed by atoms with Crippen molar-refractivity contribution in [3.8, 4) is 45.6 Å². The Morgan fingerprint density at radius 3 is 1.60 bits per heavy atom. The molecule has 0 unspecified atom stereocenters. The Labute approximate surface area is 522 Å². The van der Waals surface area contributed by atoms with Crippen LogP contribution in [0.1, 0.15) is 48.9 Å². The molecule has 6 heterocycles. The summed E-state index contributed by atoms with van der Waals surface area (Å²) in [6.07, 6.45) is 1.62. The molecule has 2 aromatic heterocycles. The molecular weight excluding hydrogens is 1260 g/mol. The van der Waals surface area contributed by atoms with Gasteiger partial charge in [-0.2, -0.15) is 0 Å². The van der Waals surface area contributed by atoms with Crippen molar-refractivity contribution < 1.29 is 37.1 Å². The summed E-state index contributed by atoms with van der Waals surface area (Å²) < 4.78 is 58.7. The summed E-state index contributed by atoms with van der Waals surface area (Å²) in [6.45, 7) is 4.33. The van der Waals surface area contributed by atoms with Crippen molar-refractivity contribution in [2.45, 2.75) is 36.5 Å². The Morgan fingerprint density at radius 2 is 1.04 bits per heavy atom. The van der Waals surface area contributed by atoms with Gasteiger partial charge >= 0.3 is 516 Å². The average molecular weight is 1310 g/mol. The molecule has 16 rings (SSSR count). The second-order valence-corrected chi connectivity index (χ2v) is 27.5. The molecule has 0 fully saturated rings. The van der Waals surface area contributed by atoms with Crippen LogP contribution in [0.3, 0.4) is 0 Å². The third-order valence-corrected chi connectivity index (χ3v) is 22.3. The quantitative estimate of drug-likeness (QED) is 0.0131. The fourth-order valence-corrected chi connectivity index (χ4v) is 17.7. The zero-order chi connectivity index (χ0) is 60.4. The molecule has 21 heteroatoms. The van der Waals surface area contributed by atoms with E-state index in [1.807, 2.05) is 109 Å². The van der Waals surface area contributed by atoms with Crippen molar-refractivity contribution in [1.82, 2.24) is 5.11 Å². The van der Waals surface area contributed by atoms with Crippen LogP contribution in [0, 0.1) is 11.8 Å². The van der Waals surface area contributed by atoms with E-state index in [0.29, 0.717) is 130 Å². The molecule has 0 spiro atoms. The Bertz CT molecular complexity index is 5610. The summed E-state index contributed by atoms with van der Waals surface area (Å²) in [5.74, 6) is 9.64. The summed E-state index contributed by atoms with van der Waals surface area (Å²) >= 11 is -2.09. The van der Waals surface area contributed by atoms with E-state index in [-0.39, 0.29) is 11.5 Å². The summed E-state index contributed by atoms with van der Waals surface area (Å²) in [4.78, 5) is 34.8. The number of unbranched alkanes of at least 4 members (excludes halogenated alkanes) is 1. The molecule has 18 nitrogen and oxygen atoms in total. The summed E-state index contributed by atoms with van der Waals surface area (Å²) in [5, 5.41) is 21.9. The van der Waals surface area contributed by atoms with Gasteiger partial charge in [-0.25, -0.2) is 5.26 Å². The van der Waals surface area contributed by atoms with Gasteiger partial charge < -0.3 is 0 Å². The number of nitrogens with two attached hydrogens (primary N) is 2. The number of rotatable bonds is 12. The fourth-order valence-electron chi connectivity index (χ4n) is 12.8. The van der Waals surface area contributed by atoms with Gasteiger partial charge in [-0.05, 0) is 0 Å². The first-order chi connectivity index (χ1) is 43.5. The Balaban J connectivity index is 1.14. The van der Waals surface area contributed by atoms with Gasteiger partial charge in [0.2, 0.25) is 0 Å². The van der Waals surface area contributed by atoms with Crippen molar-refractivity contribution in [1.29, 1.82) is 0 Å². The SMILES string of the molecule is CC#CCOc1c2ccccc2c(OCCCC)c2c3[n]4c(c12)N=C1N=C(N=c2c5c(N)c6ccccc6c(N)c5c([n]2[In]4)=NC2=NC(=N3)c3c2cc2ccccc2c3-c2ccc(S(=O)(=O)O)cc2)c2c1cc1ccccc1c2-c1ccc(SOOO)cc1. The van der Waals surface area contributed by atoms with Crippen LogP contribution in [0.4, 0.5) is 23.0 Å². The maximum absolute atomic E-state index is 12.6. The Morgan fingerprint density at radius 1 is 0.562 bits per heavy atom. The van der Waals surface area contributed by atoms with Crippen LogP contribution < -0.4 is 31.9 Å². The summed E-state index contributed by atoms with van der Waals surface area (Å²) in [5.41, 5.74) is 22.8. The molecule has 0 aliphatic carbocycles. The van der Waals surface area contributed by atoms with E-state index >= 15 is 0 Å². The van der Waals surface area contributed by atoms with Crippen molar-refractivity contribution in [3.05, 3.63) is 191 Å². The number of aromatic nitrogens is 2. The predicted molar refractivity (Wildman–Crippen MR) is 351 cm³/mol. The molecular formula is C68H46InN10O8S2. The second kappa shape index (κ2) is 21.3. The molecule has 4 aliphatic rings. The van der Waals surface area contributed by atoms with E-state index in [2.05, 4.69) is 53.2 Å². The number of nitrogen functional groups attached to an aromatic ring is 2. The van der Waals surface area contributed by atoms with Gasteiger partial charge in [0.05, 0.1) is 0 Å². The van der Waals surface area contributed by atoms with Crippen molar-refractivity contribution >= 4 is 157 Å². The minimum absolute atomic E-state index is 0.0459. The molecule has 12 aromatic rings. The molecule has 1 radical (unpaired) electrons. The monoisotopic (exact) mass is 1310 g/mol. The van der Waals surface area contributed by atoms with E-state index < -0.39 is 33.6 Å². The van der Waals surface area contributed by atoms with Crippen LogP contribution in [0.15, 0.2) is 197 Å². The minimum atomic E-state index is -4.55. The third-order valence-electron chi connectivity index (χ3n) is 16.7. The van der Waals surface area contributed by atoms with Crippen LogP contribution in [0.2, 0.25) is 0 Å². The summed E-state index contributed by atoms with van der Waals surface area (Å²) in [6, 6.07) is 50.0. The maximum atomic E-state index is 12.6. The molecule has 6 N–H and O–H groups in total. The van der Waals surface area contributed by atoms with Gasteiger partial charge in [-0.3, -0.25) is 0 Å². The molecule has 0 atom stereocenters. The first-order valence-electron chi connectivity index (χ1n) is 28.5. The standard InChI is InChI=1S/C68H46N10O8S2.In/c1-3-5-31-83-59-45-21-13-14-22-46(45)60(84-32-6-4-2)56-55(59)67-74-62-48-34-37-15-7-9-17-41(37)49(35-23-27-39(28-24-35)87-86-85-79)51(48)63(72-62)75-66-54-53(57(69)43-19-11-12-20-44(43)58(54)70)65(77-66)73-61-47-33-38-16-8-10-18-42(38)50(52(47)64(71-61)76-68(56)78-67)36-25-29-40(30-26-36)88(80,81)82;/h7-30,33-34H,4,6,31-32,69-70H2,1-2H3,(H2-2,71,72,73,74,75,76,77,78,79,80,81,82);/q-2;+2. The van der Waals surface area contributed by atoms with Gasteiger partial charge in [0.25, 0.3) is 0 Å². The van der Waals surface area contributed by atoms with Gasteiger partial charge in [0.15, 0.2) is 0 Å². The van der Waals surface area contributed by atoms with Crippen LogP contribution >= 0.6 is 12.0 Å². The Kier molecular flexibility index (Phi) is 13.1. The molecule has 0 saturated heterocycles. The Hall–Kier alpha value is -9.63. The number of benzene rings is 10. The second-order valence-electron chi connectivity index (χ2n) is 21.6. The zero-order valence-electron chi connectivity index (χ0n) is 47.3. The molecule has 6 bridgehead atoms. The molecule has 10 aromatic carbocycles. The zero-order valence-corrected chi connectivity index (χ0v) is 52.2. The van der Waals surface area contributed by atoms with Gasteiger partial charge in [0, 0.05) is 0 Å². The number of amidine groups is 4. The number of hydrogen-bond donors (Lipinski definition) is 4. The van der Waals surface area contributed by atoms with E-state index in [9.17, 15) is 13.0 Å². The van der Waals surface area contributed by atoms with E-state index in [0.717, 1.165) is 84.7 Å². The van der Waals surface area contributed by atoms with Crippen molar-refractivity contribution in [2.24, 2.45) is 30.0 Å². The van der Waals surface area contributed by atoms with E-state index in [1.54, 1.807) is 19.1 Å². The van der Waals surface area contributed by atoms with Crippen molar-refractivity contribution in [2.75, 3.05) is 24.7 Å². The molecule has 431 valence electrons. The number of hydrogen-bond acceptors (Lipinski definition) is 16. The summed E-state index contributed by atoms with van der Waals surface area (Å²) in [7, 11) is -4.55. The number of anilines is 2. The van der Waals surface area contributed by atoms with Crippen LogP contribution in [0.5, 0.6) is 11.5 Å². The average Bonchev–Trinajstić information content (AvgIpc) is 1.58. The first kappa shape index (κ1) is 54.7. The van der Waals surface area contributed by atoms with Gasteiger partial charge in [0.1, 0.15) is 0 Å². The topological polar surface area (TPSA) is 248 Å². The third kappa shape index (κ3) is 8.61. The number of aliphatic imine (C=N–C) groups is 4. The molecule has 4 aliphatic heterocycles. The predicted octanol–water partition coefficient (Wildman–Crippen LogP) is 12.8.